The number of carbonyl (C=O) groups excluding carboxylic acids is 2. The average Bonchev–Trinajstić information content (AvgIpc) is 3.25. The third-order valence-electron chi connectivity index (χ3n) is 3.50. The number of rotatable bonds is 6. The van der Waals surface area contributed by atoms with Gasteiger partial charge < -0.3 is 9.15 Å². The number of pyridine rings is 1. The molecule has 0 fully saturated rings. The Bertz CT molecular complexity index is 1080. The summed E-state index contributed by atoms with van der Waals surface area (Å²) in [6, 6.07) is 8.23. The van der Waals surface area contributed by atoms with E-state index in [1.807, 2.05) is 0 Å². The molecule has 0 radical (unpaired) electrons. The predicted octanol–water partition coefficient (Wildman–Crippen LogP) is 3.33. The second-order valence-electron chi connectivity index (χ2n) is 5.40. The number of esters is 1. The fraction of sp³-hybridized carbons (Fsp3) is 0. The van der Waals surface area contributed by atoms with E-state index in [-0.39, 0.29) is 27.2 Å². The number of halogens is 1. The smallest absolute Gasteiger partial charge is 0.379 e. The first kappa shape index (κ1) is 19.9. The van der Waals surface area contributed by atoms with Crippen molar-refractivity contribution >= 4 is 39.7 Å². The highest BCUT2D eigenvalue weighted by Crippen LogP contribution is 2.33. The van der Waals surface area contributed by atoms with Crippen LogP contribution in [0.25, 0.3) is 0 Å². The Morgan fingerprint density at radius 1 is 1.28 bits per heavy atom. The van der Waals surface area contributed by atoms with Gasteiger partial charge in [0.25, 0.3) is 11.6 Å². The van der Waals surface area contributed by atoms with Gasteiger partial charge in [-0.1, -0.05) is 0 Å². The van der Waals surface area contributed by atoms with Crippen LogP contribution in [0, 0.1) is 10.1 Å². The van der Waals surface area contributed by atoms with Crippen LogP contribution < -0.4 is 10.2 Å². The van der Waals surface area contributed by atoms with E-state index < -0.39 is 16.8 Å². The van der Waals surface area contributed by atoms with E-state index in [4.69, 9.17) is 9.15 Å². The Morgan fingerprint density at radius 3 is 2.69 bits per heavy atom. The van der Waals surface area contributed by atoms with Crippen molar-refractivity contribution in [2.75, 3.05) is 0 Å². The number of nitro groups is 1. The van der Waals surface area contributed by atoms with Crippen molar-refractivity contribution in [3.05, 3.63) is 86.5 Å². The molecule has 0 unspecified atom stereocenters. The van der Waals surface area contributed by atoms with Crippen LogP contribution in [0.2, 0.25) is 0 Å². The van der Waals surface area contributed by atoms with Crippen LogP contribution in [0.5, 0.6) is 5.75 Å². The number of carbonyl (C=O) groups is 2. The second-order valence-corrected chi connectivity index (χ2v) is 6.26. The molecule has 0 saturated carbocycles. The zero-order valence-electron chi connectivity index (χ0n) is 14.4. The number of non-ortho nitro benzene ring substituents is 1. The van der Waals surface area contributed by atoms with E-state index in [1.54, 1.807) is 0 Å². The van der Waals surface area contributed by atoms with Gasteiger partial charge in [0.05, 0.1) is 21.9 Å². The molecule has 29 heavy (non-hydrogen) atoms. The van der Waals surface area contributed by atoms with E-state index in [0.29, 0.717) is 5.56 Å². The van der Waals surface area contributed by atoms with Crippen LogP contribution in [-0.4, -0.2) is 28.0 Å². The summed E-state index contributed by atoms with van der Waals surface area (Å²) in [5.74, 6) is -1.40. The molecule has 10 nitrogen and oxygen atoms in total. The van der Waals surface area contributed by atoms with Gasteiger partial charge in [0.2, 0.25) is 5.76 Å². The summed E-state index contributed by atoms with van der Waals surface area (Å²) in [5.41, 5.74) is 2.42. The summed E-state index contributed by atoms with van der Waals surface area (Å²) >= 11 is 3.15. The van der Waals surface area contributed by atoms with Crippen molar-refractivity contribution in [2.24, 2.45) is 5.10 Å². The zero-order valence-corrected chi connectivity index (χ0v) is 16.0. The lowest BCUT2D eigenvalue weighted by Gasteiger charge is -2.09. The number of benzene rings is 1. The van der Waals surface area contributed by atoms with E-state index in [2.05, 4.69) is 31.4 Å². The lowest BCUT2D eigenvalue weighted by molar-refractivity contribution is -0.385. The van der Waals surface area contributed by atoms with Crippen LogP contribution in [0.3, 0.4) is 0 Å². The quantitative estimate of drug-likeness (QED) is 0.196. The lowest BCUT2D eigenvalue weighted by atomic mass is 10.2. The van der Waals surface area contributed by atoms with E-state index in [9.17, 15) is 19.7 Å². The van der Waals surface area contributed by atoms with Crippen molar-refractivity contribution in [3.8, 4) is 5.75 Å². The third-order valence-corrected chi connectivity index (χ3v) is 4.09. The Kier molecular flexibility index (Phi) is 6.09. The molecule has 1 aromatic carbocycles. The SMILES string of the molecule is O=C(N/N=C/c1cc([N+](=O)[O-])cc(Br)c1OC(=O)c1ccco1)c1ccncc1. The monoisotopic (exact) mass is 458 g/mol. The predicted molar refractivity (Wildman–Crippen MR) is 104 cm³/mol. The van der Waals surface area contributed by atoms with Gasteiger partial charge in [0, 0.05) is 35.7 Å². The van der Waals surface area contributed by atoms with Crippen molar-refractivity contribution in [3.63, 3.8) is 0 Å². The number of nitro benzene ring substituents is 1. The van der Waals surface area contributed by atoms with Gasteiger partial charge in [0.1, 0.15) is 0 Å². The molecular weight excluding hydrogens is 448 g/mol. The van der Waals surface area contributed by atoms with Gasteiger partial charge in [-0.3, -0.25) is 19.9 Å². The van der Waals surface area contributed by atoms with Crippen molar-refractivity contribution in [1.29, 1.82) is 0 Å². The minimum Gasteiger partial charge on any atom is -0.457 e. The van der Waals surface area contributed by atoms with Crippen molar-refractivity contribution in [2.45, 2.75) is 0 Å². The summed E-state index contributed by atoms with van der Waals surface area (Å²) in [6.45, 7) is 0. The summed E-state index contributed by atoms with van der Waals surface area (Å²) in [5, 5.41) is 14.9. The summed E-state index contributed by atoms with van der Waals surface area (Å²) in [6.07, 6.45) is 5.32. The van der Waals surface area contributed by atoms with E-state index in [0.717, 1.165) is 12.3 Å². The van der Waals surface area contributed by atoms with Crippen LogP contribution in [0.15, 0.2) is 69.0 Å². The van der Waals surface area contributed by atoms with Gasteiger partial charge >= 0.3 is 5.97 Å². The molecule has 3 aromatic rings. The molecule has 2 aromatic heterocycles. The highest BCUT2D eigenvalue weighted by Gasteiger charge is 2.20. The van der Waals surface area contributed by atoms with Gasteiger partial charge in [-0.15, -0.1) is 0 Å². The number of amides is 1. The molecule has 0 aliphatic heterocycles. The molecule has 0 bridgehead atoms. The molecule has 1 N–H and O–H groups in total. The number of nitrogens with zero attached hydrogens (tertiary/aromatic N) is 3. The number of aromatic nitrogens is 1. The topological polar surface area (TPSA) is 137 Å². The number of nitrogens with one attached hydrogen (secondary N) is 1. The largest absolute Gasteiger partial charge is 0.457 e. The number of hydrazone groups is 1. The molecule has 11 heteroatoms. The fourth-order valence-corrected chi connectivity index (χ4v) is 2.72. The standard InChI is InChI=1S/C18H11BrN4O6/c19-14-9-13(23(26)27)8-12(16(14)29-18(25)15-2-1-7-28-15)10-21-22-17(24)11-3-5-20-6-4-11/h1-10H,(H,22,24)/b21-10+. The highest BCUT2D eigenvalue weighted by atomic mass is 79.9. The first-order valence-corrected chi connectivity index (χ1v) is 8.72. The Morgan fingerprint density at radius 2 is 2.03 bits per heavy atom. The highest BCUT2D eigenvalue weighted by molar-refractivity contribution is 9.10. The molecule has 3 rings (SSSR count). The minimum absolute atomic E-state index is 0.0288. The molecule has 2 heterocycles. The minimum atomic E-state index is -0.806. The Hall–Kier alpha value is -3.86. The van der Waals surface area contributed by atoms with Gasteiger partial charge in [-0.05, 0) is 40.2 Å². The molecule has 0 spiro atoms. The maximum Gasteiger partial charge on any atom is 0.379 e. The van der Waals surface area contributed by atoms with Gasteiger partial charge in [-0.25, -0.2) is 10.2 Å². The van der Waals surface area contributed by atoms with Gasteiger partial charge in [0.15, 0.2) is 5.75 Å². The molecule has 0 atom stereocenters. The van der Waals surface area contributed by atoms with E-state index in [1.165, 1.54) is 49.0 Å². The lowest BCUT2D eigenvalue weighted by Crippen LogP contribution is -2.17. The molecule has 0 aliphatic carbocycles. The zero-order chi connectivity index (χ0) is 20.8. The van der Waals surface area contributed by atoms with Crippen LogP contribution in [-0.2, 0) is 0 Å². The van der Waals surface area contributed by atoms with Crippen molar-refractivity contribution in [1.82, 2.24) is 10.4 Å². The third kappa shape index (κ3) is 4.90. The first-order valence-electron chi connectivity index (χ1n) is 7.92. The second kappa shape index (κ2) is 8.89. The van der Waals surface area contributed by atoms with Gasteiger partial charge in [-0.2, -0.15) is 5.10 Å². The summed E-state index contributed by atoms with van der Waals surface area (Å²) in [7, 11) is 0. The molecule has 1 amide bonds. The van der Waals surface area contributed by atoms with Crippen LogP contribution >= 0.6 is 15.9 Å². The number of ether oxygens (including phenoxy) is 1. The number of hydrogen-bond acceptors (Lipinski definition) is 8. The normalized spacial score (nSPS) is 10.7. The molecule has 0 aliphatic rings. The first-order chi connectivity index (χ1) is 14.0. The summed E-state index contributed by atoms with van der Waals surface area (Å²) in [4.78, 5) is 38.5. The Balaban J connectivity index is 1.87. The van der Waals surface area contributed by atoms with E-state index >= 15 is 0 Å². The Labute approximate surface area is 171 Å². The van der Waals surface area contributed by atoms with Crippen LogP contribution in [0.4, 0.5) is 5.69 Å². The average molecular weight is 459 g/mol. The fourth-order valence-electron chi connectivity index (χ4n) is 2.17. The number of furan rings is 1. The summed E-state index contributed by atoms with van der Waals surface area (Å²) < 4.78 is 10.4. The van der Waals surface area contributed by atoms with Crippen molar-refractivity contribution < 1.29 is 23.7 Å². The maximum absolute atomic E-state index is 12.2. The number of hydrogen-bond donors (Lipinski definition) is 1. The molecular formula is C18H11BrN4O6. The molecule has 146 valence electrons. The maximum atomic E-state index is 12.2. The molecule has 0 saturated heterocycles. The van der Waals surface area contributed by atoms with Crippen LogP contribution in [0.1, 0.15) is 26.5 Å².